The lowest BCUT2D eigenvalue weighted by atomic mass is 10.2. The number of hydrogen-bond acceptors (Lipinski definition) is 5. The SMILES string of the molecule is Cc1ccc(NC(=S)Nc2cccc(SCC(=O)Nc3nc(-c4ccc(Cl)c(Cl)c4)cs3)c2)cc1. The van der Waals surface area contributed by atoms with Gasteiger partial charge in [-0.3, -0.25) is 4.79 Å². The number of thiazole rings is 1. The lowest BCUT2D eigenvalue weighted by Crippen LogP contribution is -2.19. The van der Waals surface area contributed by atoms with Gasteiger partial charge in [-0.15, -0.1) is 23.1 Å². The Balaban J connectivity index is 1.29. The maximum atomic E-state index is 12.5. The van der Waals surface area contributed by atoms with E-state index in [0.29, 0.717) is 20.3 Å². The second kappa shape index (κ2) is 11.9. The third-order valence-electron chi connectivity index (χ3n) is 4.74. The predicted octanol–water partition coefficient (Wildman–Crippen LogP) is 7.97. The van der Waals surface area contributed by atoms with Gasteiger partial charge in [0.25, 0.3) is 0 Å². The van der Waals surface area contributed by atoms with Crippen LogP contribution >= 0.6 is 58.5 Å². The number of carbonyl (C=O) groups excluding carboxylic acids is 1. The lowest BCUT2D eigenvalue weighted by Gasteiger charge is -2.11. The molecule has 35 heavy (non-hydrogen) atoms. The molecule has 1 heterocycles. The van der Waals surface area contributed by atoms with E-state index >= 15 is 0 Å². The largest absolute Gasteiger partial charge is 0.332 e. The molecule has 0 aliphatic carbocycles. The number of aryl methyl sites for hydroxylation is 1. The molecule has 0 unspecified atom stereocenters. The number of nitrogens with one attached hydrogen (secondary N) is 3. The number of carbonyl (C=O) groups is 1. The second-order valence-corrected chi connectivity index (χ2v) is 10.6. The highest BCUT2D eigenvalue weighted by Crippen LogP contribution is 2.30. The summed E-state index contributed by atoms with van der Waals surface area (Å²) in [7, 11) is 0. The summed E-state index contributed by atoms with van der Waals surface area (Å²) in [6.45, 7) is 2.04. The molecule has 0 saturated carbocycles. The molecular weight excluding hydrogens is 539 g/mol. The number of hydrogen-bond donors (Lipinski definition) is 3. The number of amides is 1. The molecule has 0 radical (unpaired) electrons. The summed E-state index contributed by atoms with van der Waals surface area (Å²) in [5.74, 6) is 0.108. The predicted molar refractivity (Wildman–Crippen MR) is 154 cm³/mol. The maximum absolute atomic E-state index is 12.5. The normalized spacial score (nSPS) is 10.6. The summed E-state index contributed by atoms with van der Waals surface area (Å²) >= 11 is 20.3. The van der Waals surface area contributed by atoms with Crippen LogP contribution in [0.4, 0.5) is 16.5 Å². The first kappa shape index (κ1) is 25.5. The zero-order valence-electron chi connectivity index (χ0n) is 18.5. The van der Waals surface area contributed by atoms with Gasteiger partial charge < -0.3 is 16.0 Å². The van der Waals surface area contributed by atoms with Crippen LogP contribution in [0.5, 0.6) is 0 Å². The third-order valence-corrected chi connectivity index (χ3v) is 7.43. The first-order chi connectivity index (χ1) is 16.9. The number of rotatable bonds is 7. The molecule has 0 spiro atoms. The van der Waals surface area contributed by atoms with Crippen LogP contribution in [0.1, 0.15) is 5.56 Å². The smallest absolute Gasteiger partial charge is 0.236 e. The van der Waals surface area contributed by atoms with E-state index < -0.39 is 0 Å². The van der Waals surface area contributed by atoms with Crippen molar-refractivity contribution in [2.24, 2.45) is 0 Å². The van der Waals surface area contributed by atoms with Crippen LogP contribution in [-0.2, 0) is 4.79 Å². The summed E-state index contributed by atoms with van der Waals surface area (Å²) in [5, 5.41) is 13.0. The average Bonchev–Trinajstić information content (AvgIpc) is 3.29. The molecule has 4 aromatic rings. The van der Waals surface area contributed by atoms with Crippen LogP contribution in [0, 0.1) is 6.92 Å². The molecular formula is C25H20Cl2N4OS3. The van der Waals surface area contributed by atoms with Gasteiger partial charge in [0.1, 0.15) is 0 Å². The number of nitrogens with zero attached hydrogens (tertiary/aromatic N) is 1. The number of thiocarbonyl (C=S) groups is 1. The van der Waals surface area contributed by atoms with Gasteiger partial charge in [0.05, 0.1) is 21.5 Å². The fraction of sp³-hybridized carbons (Fsp3) is 0.0800. The van der Waals surface area contributed by atoms with Crippen molar-refractivity contribution >= 4 is 86.0 Å². The van der Waals surface area contributed by atoms with Crippen LogP contribution in [0.2, 0.25) is 10.0 Å². The Morgan fingerprint density at radius 3 is 2.51 bits per heavy atom. The van der Waals surface area contributed by atoms with Gasteiger partial charge in [-0.1, -0.05) is 53.0 Å². The minimum atomic E-state index is -0.139. The fourth-order valence-corrected chi connectivity index (χ4v) is 5.04. The first-order valence-electron chi connectivity index (χ1n) is 10.4. The van der Waals surface area contributed by atoms with Gasteiger partial charge in [0, 0.05) is 27.2 Å². The molecule has 0 bridgehead atoms. The highest BCUT2D eigenvalue weighted by molar-refractivity contribution is 8.00. The standard InChI is InChI=1S/C25H20Cl2N4OS3/c1-15-5-8-17(9-6-15)28-24(33)29-18-3-2-4-19(12-18)34-14-23(32)31-25-30-22(13-35-25)16-7-10-20(26)21(27)11-16/h2-13H,14H2,1H3,(H2,28,29,33)(H,30,31,32). The van der Waals surface area contributed by atoms with Gasteiger partial charge in [0.15, 0.2) is 10.2 Å². The van der Waals surface area contributed by atoms with E-state index in [1.165, 1.54) is 28.7 Å². The average molecular weight is 560 g/mol. The Bertz CT molecular complexity index is 1360. The maximum Gasteiger partial charge on any atom is 0.236 e. The molecule has 1 aromatic heterocycles. The quantitative estimate of drug-likeness (QED) is 0.158. The van der Waals surface area contributed by atoms with E-state index in [1.807, 2.05) is 66.9 Å². The van der Waals surface area contributed by atoms with Crippen molar-refractivity contribution in [3.8, 4) is 11.3 Å². The summed E-state index contributed by atoms with van der Waals surface area (Å²) in [6, 6.07) is 21.1. The van der Waals surface area contributed by atoms with Crippen molar-refractivity contribution in [1.29, 1.82) is 0 Å². The molecule has 0 saturated heterocycles. The second-order valence-electron chi connectivity index (χ2n) is 7.48. The van der Waals surface area contributed by atoms with E-state index in [1.54, 1.807) is 12.1 Å². The van der Waals surface area contributed by atoms with Crippen molar-refractivity contribution in [3.63, 3.8) is 0 Å². The molecule has 0 aliphatic rings. The van der Waals surface area contributed by atoms with Crippen LogP contribution in [0.3, 0.4) is 0 Å². The van der Waals surface area contributed by atoms with E-state index in [4.69, 9.17) is 35.4 Å². The summed E-state index contributed by atoms with van der Waals surface area (Å²) in [6.07, 6.45) is 0. The minimum Gasteiger partial charge on any atom is -0.332 e. The van der Waals surface area contributed by atoms with Crippen molar-refractivity contribution in [3.05, 3.63) is 87.7 Å². The van der Waals surface area contributed by atoms with Crippen LogP contribution in [0.15, 0.2) is 77.0 Å². The van der Waals surface area contributed by atoms with Gasteiger partial charge in [-0.25, -0.2) is 4.98 Å². The molecule has 0 atom stereocenters. The fourth-order valence-electron chi connectivity index (χ4n) is 3.02. The lowest BCUT2D eigenvalue weighted by molar-refractivity contribution is -0.113. The minimum absolute atomic E-state index is 0.139. The molecule has 1 amide bonds. The summed E-state index contributed by atoms with van der Waals surface area (Å²) in [5.41, 5.74) is 4.51. The Morgan fingerprint density at radius 2 is 1.74 bits per heavy atom. The Hall–Kier alpha value is -2.62. The van der Waals surface area contributed by atoms with E-state index in [0.717, 1.165) is 27.5 Å². The van der Waals surface area contributed by atoms with Crippen LogP contribution < -0.4 is 16.0 Å². The topological polar surface area (TPSA) is 66.0 Å². The number of benzene rings is 3. The number of thioether (sulfide) groups is 1. The van der Waals surface area contributed by atoms with Crippen molar-refractivity contribution in [2.45, 2.75) is 11.8 Å². The Labute approximate surface area is 227 Å². The molecule has 5 nitrogen and oxygen atoms in total. The molecule has 3 N–H and O–H groups in total. The molecule has 0 fully saturated rings. The molecule has 10 heteroatoms. The number of anilines is 3. The summed E-state index contributed by atoms with van der Waals surface area (Å²) < 4.78 is 0. The molecule has 3 aromatic carbocycles. The van der Waals surface area contributed by atoms with Gasteiger partial charge in [-0.2, -0.15) is 0 Å². The molecule has 178 valence electrons. The Morgan fingerprint density at radius 1 is 0.971 bits per heavy atom. The van der Waals surface area contributed by atoms with Crippen LogP contribution in [-0.4, -0.2) is 21.8 Å². The highest BCUT2D eigenvalue weighted by Gasteiger charge is 2.10. The van der Waals surface area contributed by atoms with Gasteiger partial charge in [0.2, 0.25) is 5.91 Å². The van der Waals surface area contributed by atoms with Crippen molar-refractivity contribution in [1.82, 2.24) is 4.98 Å². The van der Waals surface area contributed by atoms with E-state index in [9.17, 15) is 4.79 Å². The van der Waals surface area contributed by atoms with E-state index in [2.05, 4.69) is 20.9 Å². The Kier molecular flexibility index (Phi) is 8.64. The zero-order chi connectivity index (χ0) is 24.8. The zero-order valence-corrected chi connectivity index (χ0v) is 22.4. The molecule has 4 rings (SSSR count). The monoisotopic (exact) mass is 558 g/mol. The summed E-state index contributed by atoms with van der Waals surface area (Å²) in [4.78, 5) is 17.9. The van der Waals surface area contributed by atoms with Crippen LogP contribution in [0.25, 0.3) is 11.3 Å². The van der Waals surface area contributed by atoms with Gasteiger partial charge >= 0.3 is 0 Å². The number of aromatic nitrogens is 1. The molecule has 0 aliphatic heterocycles. The van der Waals surface area contributed by atoms with E-state index in [-0.39, 0.29) is 11.7 Å². The van der Waals surface area contributed by atoms with Crippen molar-refractivity contribution < 1.29 is 4.79 Å². The third kappa shape index (κ3) is 7.43. The van der Waals surface area contributed by atoms with Gasteiger partial charge in [-0.05, 0) is 61.6 Å². The first-order valence-corrected chi connectivity index (χ1v) is 13.5. The number of halogens is 2. The highest BCUT2D eigenvalue weighted by atomic mass is 35.5. The van der Waals surface area contributed by atoms with Crippen molar-refractivity contribution in [2.75, 3.05) is 21.7 Å².